The highest BCUT2D eigenvalue weighted by atomic mass is 16.6. The fraction of sp³-hybridized carbons (Fsp3) is 0.714. The third kappa shape index (κ3) is 3.23. The minimum atomic E-state index is -0.768. The van der Waals surface area contributed by atoms with Crippen molar-refractivity contribution in [2.24, 2.45) is 5.73 Å². The number of hydrogen-bond acceptors (Lipinski definition) is 3. The summed E-state index contributed by atoms with van der Waals surface area (Å²) in [5.74, 6) is 0. The molecule has 0 aromatic heterocycles. The van der Waals surface area contributed by atoms with Crippen molar-refractivity contribution in [3.63, 3.8) is 0 Å². The monoisotopic (exact) mass is 174 g/mol. The normalized spacial score (nSPS) is 9.17. The van der Waals surface area contributed by atoms with Gasteiger partial charge in [0.05, 0.1) is 6.61 Å². The van der Waals surface area contributed by atoms with E-state index in [0.717, 1.165) is 4.90 Å². The molecule has 0 spiro atoms. The third-order valence-corrected chi connectivity index (χ3v) is 1.20. The van der Waals surface area contributed by atoms with Crippen LogP contribution in [-0.2, 0) is 4.74 Å². The van der Waals surface area contributed by atoms with Crippen molar-refractivity contribution in [2.45, 2.75) is 20.3 Å². The summed E-state index contributed by atoms with van der Waals surface area (Å²) in [6.45, 7) is 4.05. The number of ether oxygens (including phenoxy) is 1. The summed E-state index contributed by atoms with van der Waals surface area (Å²) < 4.78 is 4.60. The predicted octanol–water partition coefficient (Wildman–Crippen LogP) is 0.934. The zero-order valence-corrected chi connectivity index (χ0v) is 7.37. The minimum absolute atomic E-state index is 0.242. The van der Waals surface area contributed by atoms with E-state index in [9.17, 15) is 9.59 Å². The van der Waals surface area contributed by atoms with Crippen LogP contribution in [0.5, 0.6) is 0 Å². The van der Waals surface area contributed by atoms with E-state index in [2.05, 4.69) is 4.74 Å². The summed E-state index contributed by atoms with van der Waals surface area (Å²) in [7, 11) is 0. The number of urea groups is 1. The number of carbonyl (C=O) groups excluding carboxylic acids is 2. The van der Waals surface area contributed by atoms with Gasteiger partial charge in [-0.2, -0.15) is 0 Å². The molecule has 5 heteroatoms. The first-order chi connectivity index (χ1) is 5.63. The lowest BCUT2D eigenvalue weighted by molar-refractivity contribution is 0.116. The largest absolute Gasteiger partial charge is 0.449 e. The van der Waals surface area contributed by atoms with Crippen LogP contribution in [0.2, 0.25) is 0 Å². The molecule has 0 saturated heterocycles. The number of nitrogens with zero attached hydrogens (tertiary/aromatic N) is 1. The first kappa shape index (κ1) is 10.7. The molecule has 0 aliphatic rings. The SMILES string of the molecule is CCCN(C(N)=O)C(=O)OCC. The van der Waals surface area contributed by atoms with Gasteiger partial charge in [-0.15, -0.1) is 0 Å². The summed E-state index contributed by atoms with van der Waals surface area (Å²) in [4.78, 5) is 22.5. The summed E-state index contributed by atoms with van der Waals surface area (Å²) in [6.07, 6.45) is -0.00581. The zero-order chi connectivity index (χ0) is 9.56. The number of nitrogens with two attached hydrogens (primary N) is 1. The average Bonchev–Trinajstić information content (AvgIpc) is 1.99. The van der Waals surface area contributed by atoms with Crippen LogP contribution in [-0.4, -0.2) is 30.2 Å². The number of rotatable bonds is 3. The predicted molar refractivity (Wildman–Crippen MR) is 43.6 cm³/mol. The van der Waals surface area contributed by atoms with E-state index in [4.69, 9.17) is 5.73 Å². The number of carbonyl (C=O) groups is 2. The van der Waals surface area contributed by atoms with E-state index >= 15 is 0 Å². The number of imide groups is 1. The first-order valence-corrected chi connectivity index (χ1v) is 3.87. The van der Waals surface area contributed by atoms with Crippen molar-refractivity contribution in [2.75, 3.05) is 13.2 Å². The van der Waals surface area contributed by atoms with Gasteiger partial charge in [-0.25, -0.2) is 14.5 Å². The lowest BCUT2D eigenvalue weighted by Crippen LogP contribution is -2.41. The van der Waals surface area contributed by atoms with Gasteiger partial charge in [0.25, 0.3) is 0 Å². The quantitative estimate of drug-likeness (QED) is 0.691. The molecule has 0 aromatic rings. The van der Waals surface area contributed by atoms with Crippen LogP contribution >= 0.6 is 0 Å². The smallest absolute Gasteiger partial charge is 0.417 e. The molecule has 0 radical (unpaired) electrons. The van der Waals surface area contributed by atoms with Gasteiger partial charge in [0.2, 0.25) is 0 Å². The fourth-order valence-corrected chi connectivity index (χ4v) is 0.716. The van der Waals surface area contributed by atoms with Crippen LogP contribution in [0.15, 0.2) is 0 Å². The average molecular weight is 174 g/mol. The molecule has 0 atom stereocenters. The van der Waals surface area contributed by atoms with Gasteiger partial charge in [-0.1, -0.05) is 6.92 Å². The lowest BCUT2D eigenvalue weighted by Gasteiger charge is -2.16. The van der Waals surface area contributed by atoms with Crippen LogP contribution in [0.4, 0.5) is 9.59 Å². The summed E-state index contributed by atoms with van der Waals surface area (Å²) in [5, 5.41) is 0. The highest BCUT2D eigenvalue weighted by Gasteiger charge is 2.18. The Bertz CT molecular complexity index is 170. The molecular formula is C7H14N2O3. The second kappa shape index (κ2) is 5.40. The highest BCUT2D eigenvalue weighted by Crippen LogP contribution is 1.95. The van der Waals surface area contributed by atoms with Crippen LogP contribution in [0.3, 0.4) is 0 Å². The first-order valence-electron chi connectivity index (χ1n) is 3.87. The van der Waals surface area contributed by atoms with Crippen LogP contribution in [0.25, 0.3) is 0 Å². The van der Waals surface area contributed by atoms with Crippen LogP contribution in [0, 0.1) is 0 Å². The third-order valence-electron chi connectivity index (χ3n) is 1.20. The molecule has 0 unspecified atom stereocenters. The van der Waals surface area contributed by atoms with E-state index in [0.29, 0.717) is 13.0 Å². The summed E-state index contributed by atoms with van der Waals surface area (Å²) in [5.41, 5.74) is 4.94. The highest BCUT2D eigenvalue weighted by molar-refractivity contribution is 5.89. The van der Waals surface area contributed by atoms with Crippen LogP contribution in [0.1, 0.15) is 20.3 Å². The molecule has 0 heterocycles. The second-order valence-corrected chi connectivity index (χ2v) is 2.19. The number of hydrogen-bond donors (Lipinski definition) is 1. The minimum Gasteiger partial charge on any atom is -0.449 e. The van der Waals surface area contributed by atoms with Gasteiger partial charge >= 0.3 is 12.1 Å². The summed E-state index contributed by atoms with van der Waals surface area (Å²) in [6, 6.07) is -0.768. The molecule has 0 aliphatic heterocycles. The Morgan fingerprint density at radius 2 is 2.00 bits per heavy atom. The molecule has 0 aliphatic carbocycles. The molecule has 0 rings (SSSR count). The number of primary amides is 1. The second-order valence-electron chi connectivity index (χ2n) is 2.19. The molecule has 5 nitrogen and oxygen atoms in total. The molecule has 0 saturated carbocycles. The number of amides is 3. The van der Waals surface area contributed by atoms with Gasteiger partial charge in [0.1, 0.15) is 0 Å². The van der Waals surface area contributed by atoms with E-state index in [1.165, 1.54) is 0 Å². The molecular weight excluding hydrogens is 160 g/mol. The van der Waals surface area contributed by atoms with E-state index in [-0.39, 0.29) is 6.61 Å². The molecule has 3 amide bonds. The van der Waals surface area contributed by atoms with Gasteiger partial charge in [0.15, 0.2) is 0 Å². The van der Waals surface area contributed by atoms with Crippen molar-refractivity contribution < 1.29 is 14.3 Å². The van der Waals surface area contributed by atoms with E-state index in [1.54, 1.807) is 6.92 Å². The Morgan fingerprint density at radius 3 is 2.33 bits per heavy atom. The fourth-order valence-electron chi connectivity index (χ4n) is 0.716. The molecule has 12 heavy (non-hydrogen) atoms. The Kier molecular flexibility index (Phi) is 4.83. The Hall–Kier alpha value is -1.26. The van der Waals surface area contributed by atoms with Crippen molar-refractivity contribution in [3.05, 3.63) is 0 Å². The van der Waals surface area contributed by atoms with Crippen molar-refractivity contribution in [3.8, 4) is 0 Å². The molecule has 0 aromatic carbocycles. The van der Waals surface area contributed by atoms with E-state index < -0.39 is 12.1 Å². The standard InChI is InChI=1S/C7H14N2O3/c1-3-5-9(6(8)10)7(11)12-4-2/h3-5H2,1-2H3,(H2,8,10). The van der Waals surface area contributed by atoms with Gasteiger partial charge in [-0.3, -0.25) is 0 Å². The molecule has 0 fully saturated rings. The molecule has 70 valence electrons. The molecule has 2 N–H and O–H groups in total. The maximum atomic E-state index is 11.0. The van der Waals surface area contributed by atoms with E-state index in [1.807, 2.05) is 6.92 Å². The van der Waals surface area contributed by atoms with Crippen LogP contribution < -0.4 is 5.73 Å². The van der Waals surface area contributed by atoms with Gasteiger partial charge < -0.3 is 10.5 Å². The maximum Gasteiger partial charge on any atom is 0.417 e. The van der Waals surface area contributed by atoms with Crippen molar-refractivity contribution in [1.29, 1.82) is 0 Å². The van der Waals surface area contributed by atoms with Crippen molar-refractivity contribution in [1.82, 2.24) is 4.90 Å². The zero-order valence-electron chi connectivity index (χ0n) is 7.37. The van der Waals surface area contributed by atoms with Gasteiger partial charge in [0, 0.05) is 6.54 Å². The maximum absolute atomic E-state index is 11.0. The lowest BCUT2D eigenvalue weighted by atomic mass is 10.4. The topological polar surface area (TPSA) is 72.6 Å². The summed E-state index contributed by atoms with van der Waals surface area (Å²) >= 11 is 0. The Balaban J connectivity index is 4.09. The molecule has 0 bridgehead atoms. The van der Waals surface area contributed by atoms with Crippen molar-refractivity contribution >= 4 is 12.1 Å². The Morgan fingerprint density at radius 1 is 1.42 bits per heavy atom. The van der Waals surface area contributed by atoms with Gasteiger partial charge in [-0.05, 0) is 13.3 Å². The Labute approximate surface area is 71.5 Å².